The predicted molar refractivity (Wildman–Crippen MR) is 60.8 cm³/mol. The molecule has 1 N–H and O–H groups in total. The van der Waals surface area contributed by atoms with Gasteiger partial charge in [0.25, 0.3) is 0 Å². The van der Waals surface area contributed by atoms with Crippen LogP contribution >= 0.6 is 0 Å². The Bertz CT molecular complexity index is 384. The molecule has 0 radical (unpaired) electrons. The summed E-state index contributed by atoms with van der Waals surface area (Å²) in [5.41, 5.74) is 0. The first kappa shape index (κ1) is 10.6. The third kappa shape index (κ3) is 2.36. The van der Waals surface area contributed by atoms with Gasteiger partial charge in [-0.25, -0.2) is 4.21 Å². The standard InChI is InChI=1S/C12H14O2S/c13-11-8-4-5-9-12(11)15(14)10-6-2-1-3-7-10/h1-3,6-7,9,11,13H,4-5,8H2/t11-,15+/m1/s1. The predicted octanol–water partition coefficient (Wildman–Crippen LogP) is 2.22. The normalized spacial score (nSPS) is 23.3. The van der Waals surface area contributed by atoms with E-state index in [9.17, 15) is 9.32 Å². The molecular formula is C12H14O2S. The monoisotopic (exact) mass is 222 g/mol. The summed E-state index contributed by atoms with van der Waals surface area (Å²) in [6.07, 6.45) is 4.02. The summed E-state index contributed by atoms with van der Waals surface area (Å²) in [6.45, 7) is 0. The molecule has 0 unspecified atom stereocenters. The van der Waals surface area contributed by atoms with Crippen LogP contribution in [-0.2, 0) is 10.8 Å². The maximum Gasteiger partial charge on any atom is 0.0874 e. The smallest absolute Gasteiger partial charge is 0.0874 e. The van der Waals surface area contributed by atoms with Crippen LogP contribution in [0.1, 0.15) is 19.3 Å². The second-order valence-corrected chi connectivity index (χ2v) is 5.12. The number of allylic oxidation sites excluding steroid dienone is 1. The van der Waals surface area contributed by atoms with Crippen molar-refractivity contribution in [3.05, 3.63) is 41.3 Å². The Kier molecular flexibility index (Phi) is 3.34. The van der Waals surface area contributed by atoms with Gasteiger partial charge in [-0.2, -0.15) is 0 Å². The minimum atomic E-state index is -1.19. The van der Waals surface area contributed by atoms with Crippen molar-refractivity contribution in [2.45, 2.75) is 30.3 Å². The van der Waals surface area contributed by atoms with Crippen molar-refractivity contribution in [1.29, 1.82) is 0 Å². The second kappa shape index (κ2) is 4.73. The van der Waals surface area contributed by atoms with Gasteiger partial charge in [0.15, 0.2) is 0 Å². The number of rotatable bonds is 2. The largest absolute Gasteiger partial charge is 0.388 e. The van der Waals surface area contributed by atoms with Crippen LogP contribution in [0.4, 0.5) is 0 Å². The Hall–Kier alpha value is -0.930. The van der Waals surface area contributed by atoms with Crippen LogP contribution in [0.25, 0.3) is 0 Å². The van der Waals surface area contributed by atoms with Gasteiger partial charge in [-0.15, -0.1) is 0 Å². The lowest BCUT2D eigenvalue weighted by Crippen LogP contribution is -2.17. The third-order valence-electron chi connectivity index (χ3n) is 2.53. The lowest BCUT2D eigenvalue weighted by atomic mass is 10.1. The Morgan fingerprint density at radius 2 is 2.00 bits per heavy atom. The fraction of sp³-hybridized carbons (Fsp3) is 0.333. The molecule has 2 rings (SSSR count). The van der Waals surface area contributed by atoms with Crippen LogP contribution in [0.2, 0.25) is 0 Å². The molecule has 0 heterocycles. The molecule has 0 saturated heterocycles. The summed E-state index contributed by atoms with van der Waals surface area (Å²) in [7, 11) is -1.19. The van der Waals surface area contributed by atoms with E-state index in [1.165, 1.54) is 0 Å². The first-order chi connectivity index (χ1) is 7.29. The first-order valence-corrected chi connectivity index (χ1v) is 6.29. The zero-order valence-electron chi connectivity index (χ0n) is 8.43. The molecule has 2 nitrogen and oxygen atoms in total. The fourth-order valence-corrected chi connectivity index (χ4v) is 3.02. The van der Waals surface area contributed by atoms with E-state index in [1.807, 2.05) is 36.4 Å². The lowest BCUT2D eigenvalue weighted by molar-refractivity contribution is 0.200. The molecular weight excluding hydrogens is 208 g/mol. The molecule has 80 valence electrons. The van der Waals surface area contributed by atoms with Gasteiger partial charge in [-0.05, 0) is 31.4 Å². The summed E-state index contributed by atoms with van der Waals surface area (Å²) in [5, 5.41) is 9.74. The Balaban J connectivity index is 2.25. The maximum atomic E-state index is 12.1. The molecule has 0 bridgehead atoms. The molecule has 0 saturated carbocycles. The number of aliphatic hydroxyl groups is 1. The molecule has 1 aromatic rings. The Morgan fingerprint density at radius 3 is 2.67 bits per heavy atom. The molecule has 0 aromatic heterocycles. The van der Waals surface area contributed by atoms with Crippen molar-refractivity contribution in [2.24, 2.45) is 0 Å². The van der Waals surface area contributed by atoms with Gasteiger partial charge in [0, 0.05) is 9.80 Å². The van der Waals surface area contributed by atoms with Crippen molar-refractivity contribution < 1.29 is 9.32 Å². The highest BCUT2D eigenvalue weighted by atomic mass is 32.2. The van der Waals surface area contributed by atoms with Crippen molar-refractivity contribution in [3.63, 3.8) is 0 Å². The molecule has 2 atom stereocenters. The van der Waals surface area contributed by atoms with Gasteiger partial charge in [0.1, 0.15) is 0 Å². The fourth-order valence-electron chi connectivity index (χ4n) is 1.71. The molecule has 15 heavy (non-hydrogen) atoms. The molecule has 0 amide bonds. The number of hydrogen-bond acceptors (Lipinski definition) is 2. The SMILES string of the molecule is O=[S@](C1=CCCC[C@H]1O)c1ccccc1. The van der Waals surface area contributed by atoms with Crippen LogP contribution in [0, 0.1) is 0 Å². The van der Waals surface area contributed by atoms with E-state index < -0.39 is 16.9 Å². The van der Waals surface area contributed by atoms with Gasteiger partial charge in [0.2, 0.25) is 0 Å². The van der Waals surface area contributed by atoms with Crippen LogP contribution in [0.3, 0.4) is 0 Å². The number of aliphatic hydroxyl groups excluding tert-OH is 1. The van der Waals surface area contributed by atoms with E-state index in [0.717, 1.165) is 24.2 Å². The van der Waals surface area contributed by atoms with E-state index in [-0.39, 0.29) is 0 Å². The van der Waals surface area contributed by atoms with E-state index in [2.05, 4.69) is 0 Å². The summed E-state index contributed by atoms with van der Waals surface area (Å²) in [6, 6.07) is 9.29. The zero-order chi connectivity index (χ0) is 10.7. The highest BCUT2D eigenvalue weighted by molar-refractivity contribution is 7.89. The van der Waals surface area contributed by atoms with Gasteiger partial charge in [-0.3, -0.25) is 0 Å². The highest BCUT2D eigenvalue weighted by Gasteiger charge is 2.20. The van der Waals surface area contributed by atoms with Crippen LogP contribution < -0.4 is 0 Å². The van der Waals surface area contributed by atoms with Crippen LogP contribution in [-0.4, -0.2) is 15.4 Å². The quantitative estimate of drug-likeness (QED) is 0.833. The highest BCUT2D eigenvalue weighted by Crippen LogP contribution is 2.24. The van der Waals surface area contributed by atoms with Crippen LogP contribution in [0.5, 0.6) is 0 Å². The molecule has 0 fully saturated rings. The van der Waals surface area contributed by atoms with Gasteiger partial charge < -0.3 is 5.11 Å². The van der Waals surface area contributed by atoms with Crippen LogP contribution in [0.15, 0.2) is 46.2 Å². The first-order valence-electron chi connectivity index (χ1n) is 5.14. The summed E-state index contributed by atoms with van der Waals surface area (Å²) in [4.78, 5) is 1.44. The minimum absolute atomic E-state index is 0.528. The molecule has 1 aliphatic rings. The average Bonchev–Trinajstić information content (AvgIpc) is 2.30. The van der Waals surface area contributed by atoms with Crippen molar-refractivity contribution in [2.75, 3.05) is 0 Å². The molecule has 3 heteroatoms. The Morgan fingerprint density at radius 1 is 1.27 bits per heavy atom. The average molecular weight is 222 g/mol. The van der Waals surface area contributed by atoms with Crippen molar-refractivity contribution >= 4 is 10.8 Å². The van der Waals surface area contributed by atoms with E-state index >= 15 is 0 Å². The molecule has 1 aromatic carbocycles. The number of hydrogen-bond donors (Lipinski definition) is 1. The summed E-state index contributed by atoms with van der Waals surface area (Å²) >= 11 is 0. The lowest BCUT2D eigenvalue weighted by Gasteiger charge is -2.18. The van der Waals surface area contributed by atoms with E-state index in [1.54, 1.807) is 0 Å². The summed E-state index contributed by atoms with van der Waals surface area (Å²) < 4.78 is 12.1. The molecule has 0 spiro atoms. The van der Waals surface area contributed by atoms with Gasteiger partial charge in [0.05, 0.1) is 16.9 Å². The van der Waals surface area contributed by atoms with Gasteiger partial charge in [-0.1, -0.05) is 24.3 Å². The maximum absolute atomic E-state index is 12.1. The van der Waals surface area contributed by atoms with Crippen molar-refractivity contribution in [1.82, 2.24) is 0 Å². The second-order valence-electron chi connectivity index (χ2n) is 3.63. The minimum Gasteiger partial charge on any atom is -0.388 e. The van der Waals surface area contributed by atoms with Gasteiger partial charge >= 0.3 is 0 Å². The summed E-state index contributed by atoms with van der Waals surface area (Å²) in [5.74, 6) is 0. The van der Waals surface area contributed by atoms with E-state index in [4.69, 9.17) is 0 Å². The third-order valence-corrected chi connectivity index (χ3v) is 4.09. The van der Waals surface area contributed by atoms with Crippen molar-refractivity contribution in [3.8, 4) is 0 Å². The topological polar surface area (TPSA) is 37.3 Å². The Labute approximate surface area is 92.1 Å². The van der Waals surface area contributed by atoms with E-state index in [0.29, 0.717) is 4.91 Å². The zero-order valence-corrected chi connectivity index (χ0v) is 9.24. The molecule has 0 aliphatic heterocycles. The number of benzene rings is 1. The molecule has 1 aliphatic carbocycles.